The SMILES string of the molecule is N#Cc1cc(Sc2c(F)c(F)cc(F)c2F)ccc1[N+](=O)[O-]. The molecule has 0 bridgehead atoms. The van der Waals surface area contributed by atoms with Crippen LogP contribution in [0.2, 0.25) is 0 Å². The van der Waals surface area contributed by atoms with Crippen LogP contribution >= 0.6 is 11.8 Å². The maximum absolute atomic E-state index is 13.5. The van der Waals surface area contributed by atoms with E-state index in [4.69, 9.17) is 5.26 Å². The molecule has 22 heavy (non-hydrogen) atoms. The zero-order chi connectivity index (χ0) is 16.4. The molecule has 0 aliphatic carbocycles. The normalized spacial score (nSPS) is 10.3. The van der Waals surface area contributed by atoms with Crippen molar-refractivity contribution in [2.75, 3.05) is 0 Å². The van der Waals surface area contributed by atoms with Crippen LogP contribution in [0.3, 0.4) is 0 Å². The van der Waals surface area contributed by atoms with Crippen molar-refractivity contribution in [3.8, 4) is 6.07 Å². The largest absolute Gasteiger partial charge is 0.287 e. The highest BCUT2D eigenvalue weighted by atomic mass is 32.2. The number of benzene rings is 2. The molecular weight excluding hydrogens is 324 g/mol. The Hall–Kier alpha value is -2.60. The van der Waals surface area contributed by atoms with Crippen molar-refractivity contribution in [1.82, 2.24) is 0 Å². The van der Waals surface area contributed by atoms with Crippen molar-refractivity contribution < 1.29 is 22.5 Å². The molecule has 0 fully saturated rings. The maximum atomic E-state index is 13.5. The van der Waals surface area contributed by atoms with Gasteiger partial charge in [-0.05, 0) is 12.1 Å². The molecule has 4 nitrogen and oxygen atoms in total. The lowest BCUT2D eigenvalue weighted by atomic mass is 10.2. The number of hydrogen-bond acceptors (Lipinski definition) is 4. The molecule has 2 aromatic carbocycles. The molecule has 0 heterocycles. The molecule has 0 aliphatic heterocycles. The van der Waals surface area contributed by atoms with Crippen molar-refractivity contribution in [3.63, 3.8) is 0 Å². The third-order valence-electron chi connectivity index (χ3n) is 2.58. The van der Waals surface area contributed by atoms with Crippen LogP contribution in [0.1, 0.15) is 5.56 Å². The van der Waals surface area contributed by atoms with Gasteiger partial charge in [0.2, 0.25) is 0 Å². The summed E-state index contributed by atoms with van der Waals surface area (Å²) in [7, 11) is 0. The summed E-state index contributed by atoms with van der Waals surface area (Å²) in [5, 5.41) is 19.5. The summed E-state index contributed by atoms with van der Waals surface area (Å²) in [6.07, 6.45) is 0. The topological polar surface area (TPSA) is 66.9 Å². The minimum Gasteiger partial charge on any atom is -0.258 e. The van der Waals surface area contributed by atoms with Gasteiger partial charge in [-0.15, -0.1) is 0 Å². The molecule has 2 aromatic rings. The van der Waals surface area contributed by atoms with Crippen molar-refractivity contribution in [1.29, 1.82) is 5.26 Å². The first-order valence-electron chi connectivity index (χ1n) is 5.54. The molecule has 0 aromatic heterocycles. The summed E-state index contributed by atoms with van der Waals surface area (Å²) < 4.78 is 53.3. The Labute approximate surface area is 125 Å². The molecule has 0 saturated carbocycles. The van der Waals surface area contributed by atoms with Gasteiger partial charge in [-0.1, -0.05) is 11.8 Å². The van der Waals surface area contributed by atoms with Gasteiger partial charge in [-0.25, -0.2) is 17.6 Å². The Balaban J connectivity index is 2.49. The van der Waals surface area contributed by atoms with Crippen molar-refractivity contribution >= 4 is 17.4 Å². The lowest BCUT2D eigenvalue weighted by molar-refractivity contribution is -0.385. The molecule has 0 atom stereocenters. The number of nitrogens with zero attached hydrogens (tertiary/aromatic N) is 2. The fraction of sp³-hybridized carbons (Fsp3) is 0. The molecule has 0 amide bonds. The minimum atomic E-state index is -1.58. The number of rotatable bonds is 3. The van der Waals surface area contributed by atoms with Gasteiger partial charge in [0, 0.05) is 17.0 Å². The molecule has 0 saturated heterocycles. The molecule has 0 aliphatic rings. The van der Waals surface area contributed by atoms with Gasteiger partial charge in [-0.3, -0.25) is 10.1 Å². The highest BCUT2D eigenvalue weighted by Gasteiger charge is 2.21. The predicted molar refractivity (Wildman–Crippen MR) is 68.2 cm³/mol. The molecule has 0 N–H and O–H groups in total. The third kappa shape index (κ3) is 2.87. The average molecular weight is 328 g/mol. The smallest absolute Gasteiger partial charge is 0.258 e. The van der Waals surface area contributed by atoms with E-state index >= 15 is 0 Å². The number of hydrogen-bond donors (Lipinski definition) is 0. The number of halogens is 4. The van der Waals surface area contributed by atoms with Gasteiger partial charge in [0.05, 0.1) is 9.82 Å². The molecular formula is C13H4F4N2O2S. The van der Waals surface area contributed by atoms with Gasteiger partial charge in [0.15, 0.2) is 23.3 Å². The van der Waals surface area contributed by atoms with E-state index in [0.29, 0.717) is 11.8 Å². The zero-order valence-electron chi connectivity index (χ0n) is 10.4. The van der Waals surface area contributed by atoms with Gasteiger partial charge in [0.1, 0.15) is 11.6 Å². The second-order valence-corrected chi connectivity index (χ2v) is 5.03. The predicted octanol–water partition coefficient (Wildman–Crippen LogP) is 4.17. The monoisotopic (exact) mass is 328 g/mol. The molecule has 112 valence electrons. The van der Waals surface area contributed by atoms with E-state index in [1.807, 2.05) is 0 Å². The zero-order valence-corrected chi connectivity index (χ0v) is 11.3. The highest BCUT2D eigenvalue weighted by molar-refractivity contribution is 7.99. The first kappa shape index (κ1) is 15.8. The number of nitro groups is 1. The van der Waals surface area contributed by atoms with Gasteiger partial charge >= 0.3 is 0 Å². The van der Waals surface area contributed by atoms with Crippen LogP contribution in [-0.4, -0.2) is 4.92 Å². The van der Waals surface area contributed by atoms with E-state index in [1.165, 1.54) is 0 Å². The van der Waals surface area contributed by atoms with Crippen LogP contribution in [0.15, 0.2) is 34.1 Å². The molecule has 9 heteroatoms. The highest BCUT2D eigenvalue weighted by Crippen LogP contribution is 2.35. The molecule has 0 spiro atoms. The van der Waals surface area contributed by atoms with E-state index in [-0.39, 0.29) is 16.5 Å². The summed E-state index contributed by atoms with van der Waals surface area (Å²) in [5.74, 6) is -6.30. The third-order valence-corrected chi connectivity index (χ3v) is 3.63. The maximum Gasteiger partial charge on any atom is 0.287 e. The Kier molecular flexibility index (Phi) is 4.32. The van der Waals surface area contributed by atoms with Gasteiger partial charge in [-0.2, -0.15) is 5.26 Å². The summed E-state index contributed by atoms with van der Waals surface area (Å²) in [5.41, 5.74) is -0.828. The van der Waals surface area contributed by atoms with Crippen molar-refractivity contribution in [2.24, 2.45) is 0 Å². The molecule has 0 radical (unpaired) electrons. The molecule has 0 unspecified atom stereocenters. The van der Waals surface area contributed by atoms with Crippen LogP contribution in [0, 0.1) is 44.7 Å². The van der Waals surface area contributed by atoms with Crippen molar-refractivity contribution in [2.45, 2.75) is 9.79 Å². The number of nitriles is 1. The van der Waals surface area contributed by atoms with E-state index < -0.39 is 38.8 Å². The summed E-state index contributed by atoms with van der Waals surface area (Å²) >= 11 is 0.315. The Bertz CT molecular complexity index is 794. The lowest BCUT2D eigenvalue weighted by Gasteiger charge is -2.07. The summed E-state index contributed by atoms with van der Waals surface area (Å²) in [6, 6.07) is 4.72. The van der Waals surface area contributed by atoms with Crippen molar-refractivity contribution in [3.05, 3.63) is 63.2 Å². The summed E-state index contributed by atoms with van der Waals surface area (Å²) in [6.45, 7) is 0. The van der Waals surface area contributed by atoms with E-state index in [1.54, 1.807) is 6.07 Å². The van der Waals surface area contributed by atoms with E-state index in [0.717, 1.165) is 18.2 Å². The summed E-state index contributed by atoms with van der Waals surface area (Å²) in [4.78, 5) is 8.96. The van der Waals surface area contributed by atoms with E-state index in [2.05, 4.69) is 0 Å². The van der Waals surface area contributed by atoms with Gasteiger partial charge < -0.3 is 0 Å². The Morgan fingerprint density at radius 3 is 2.18 bits per heavy atom. The fourth-order valence-corrected chi connectivity index (χ4v) is 2.51. The van der Waals surface area contributed by atoms with Crippen LogP contribution in [0.25, 0.3) is 0 Å². The average Bonchev–Trinajstić information content (AvgIpc) is 2.49. The quantitative estimate of drug-likeness (QED) is 0.367. The first-order chi connectivity index (χ1) is 10.3. The Morgan fingerprint density at radius 1 is 1.09 bits per heavy atom. The second kappa shape index (κ2) is 6.03. The lowest BCUT2D eigenvalue weighted by Crippen LogP contribution is -1.97. The molecule has 2 rings (SSSR count). The standard InChI is InChI=1S/C13H4F4N2O2S/c14-8-4-9(15)12(17)13(11(8)16)22-7-1-2-10(19(20)21)6(3-7)5-18/h1-4H. The minimum absolute atomic E-state index is 0.0185. The van der Waals surface area contributed by atoms with Gasteiger partial charge in [0.25, 0.3) is 5.69 Å². The first-order valence-corrected chi connectivity index (χ1v) is 6.36. The number of nitro benzene ring substituents is 1. The fourth-order valence-electron chi connectivity index (χ4n) is 1.59. The van der Waals surface area contributed by atoms with Crippen LogP contribution < -0.4 is 0 Å². The van der Waals surface area contributed by atoms with Crippen LogP contribution in [-0.2, 0) is 0 Å². The van der Waals surface area contributed by atoms with Crippen LogP contribution in [0.4, 0.5) is 23.2 Å². The van der Waals surface area contributed by atoms with Crippen LogP contribution in [0.5, 0.6) is 0 Å². The second-order valence-electron chi connectivity index (χ2n) is 3.95. The Morgan fingerprint density at radius 2 is 1.68 bits per heavy atom. The van der Waals surface area contributed by atoms with E-state index in [9.17, 15) is 27.7 Å².